The maximum Gasteiger partial charge on any atom is 0.417 e. The summed E-state index contributed by atoms with van der Waals surface area (Å²) >= 11 is 6.23. The zero-order chi connectivity index (χ0) is 22.7. The molecule has 2 heterocycles. The normalized spacial score (nSPS) is 11.5. The lowest BCUT2D eigenvalue weighted by Gasteiger charge is -2.12. The molecule has 1 amide bonds. The number of benzene rings is 2. The van der Waals surface area contributed by atoms with E-state index < -0.39 is 23.2 Å². The van der Waals surface area contributed by atoms with Crippen LogP contribution >= 0.6 is 11.6 Å². The molecule has 0 aliphatic rings. The second-order valence-electron chi connectivity index (χ2n) is 6.59. The highest BCUT2D eigenvalue weighted by Crippen LogP contribution is 2.31. The van der Waals surface area contributed by atoms with Crippen molar-refractivity contribution in [2.75, 3.05) is 13.2 Å². The minimum absolute atomic E-state index is 0.0119. The van der Waals surface area contributed by atoms with E-state index in [1.807, 2.05) is 6.07 Å². The van der Waals surface area contributed by atoms with Gasteiger partial charge in [-0.1, -0.05) is 35.9 Å². The van der Waals surface area contributed by atoms with E-state index in [-0.39, 0.29) is 19.0 Å². The first-order valence-electron chi connectivity index (χ1n) is 9.39. The summed E-state index contributed by atoms with van der Waals surface area (Å²) in [7, 11) is 0. The highest BCUT2D eigenvalue weighted by molar-refractivity contribution is 6.33. The molecule has 164 valence electrons. The Balaban J connectivity index is 1.42. The summed E-state index contributed by atoms with van der Waals surface area (Å²) in [5.41, 5.74) is -0.329. The Hall–Kier alpha value is -3.66. The van der Waals surface area contributed by atoms with Gasteiger partial charge in [-0.25, -0.2) is 0 Å². The molecule has 0 saturated heterocycles. The molecule has 1 N–H and O–H groups in total. The van der Waals surface area contributed by atoms with Crippen molar-refractivity contribution >= 4 is 23.2 Å². The van der Waals surface area contributed by atoms with Crippen LogP contribution in [0.2, 0.25) is 5.02 Å². The van der Waals surface area contributed by atoms with Crippen LogP contribution in [0.15, 0.2) is 60.7 Å². The average molecular weight is 462 g/mol. The molecule has 0 aliphatic carbocycles. The molecule has 0 saturated carbocycles. The van der Waals surface area contributed by atoms with Crippen molar-refractivity contribution in [3.63, 3.8) is 0 Å². The van der Waals surface area contributed by atoms with Gasteiger partial charge in [-0.3, -0.25) is 4.79 Å². The number of carbonyl (C=O) groups excluding carboxylic acids is 1. The number of rotatable bonds is 6. The Labute approximate surface area is 184 Å². The fraction of sp³-hybridized carbons (Fsp3) is 0.143. The first kappa shape index (κ1) is 21.6. The Bertz CT molecular complexity index is 1280. The van der Waals surface area contributed by atoms with E-state index in [4.69, 9.17) is 16.3 Å². The van der Waals surface area contributed by atoms with Crippen LogP contribution in [-0.2, 0) is 6.18 Å². The summed E-state index contributed by atoms with van der Waals surface area (Å²) in [5.74, 6) is -0.201. The fourth-order valence-electron chi connectivity index (χ4n) is 3.00. The van der Waals surface area contributed by atoms with Gasteiger partial charge >= 0.3 is 6.18 Å². The predicted octanol–water partition coefficient (Wildman–Crippen LogP) is 4.27. The second-order valence-corrected chi connectivity index (χ2v) is 7.00. The van der Waals surface area contributed by atoms with Crippen LogP contribution in [0.25, 0.3) is 17.0 Å². The van der Waals surface area contributed by atoms with Crippen molar-refractivity contribution in [3.8, 4) is 17.3 Å². The molecular formula is C21H15ClF3N5O2. The Kier molecular flexibility index (Phi) is 5.95. The van der Waals surface area contributed by atoms with Crippen LogP contribution in [0.4, 0.5) is 13.2 Å². The van der Waals surface area contributed by atoms with E-state index in [2.05, 4.69) is 20.6 Å². The Morgan fingerprint density at radius 1 is 1.03 bits per heavy atom. The van der Waals surface area contributed by atoms with Gasteiger partial charge in [0.2, 0.25) is 5.88 Å². The molecule has 2 aromatic heterocycles. The van der Waals surface area contributed by atoms with Crippen molar-refractivity contribution < 1.29 is 22.7 Å². The molecule has 4 rings (SSSR count). The lowest BCUT2D eigenvalue weighted by molar-refractivity contribution is -0.137. The number of alkyl halides is 3. The Morgan fingerprint density at radius 3 is 2.56 bits per heavy atom. The van der Waals surface area contributed by atoms with Gasteiger partial charge in [-0.2, -0.15) is 17.7 Å². The van der Waals surface area contributed by atoms with Crippen LogP contribution in [0.1, 0.15) is 15.9 Å². The zero-order valence-electron chi connectivity index (χ0n) is 16.3. The van der Waals surface area contributed by atoms with Crippen molar-refractivity contribution in [2.24, 2.45) is 0 Å². The number of amides is 1. The summed E-state index contributed by atoms with van der Waals surface area (Å²) < 4.78 is 46.2. The number of carbonyl (C=O) groups is 1. The summed E-state index contributed by atoms with van der Waals surface area (Å²) in [5, 5.41) is 15.4. The summed E-state index contributed by atoms with van der Waals surface area (Å²) in [6, 6.07) is 14.9. The Morgan fingerprint density at radius 2 is 1.78 bits per heavy atom. The van der Waals surface area contributed by atoms with Gasteiger partial charge in [0.1, 0.15) is 6.61 Å². The van der Waals surface area contributed by atoms with Gasteiger partial charge < -0.3 is 10.1 Å². The standard InChI is InChI=1S/C21H15ClF3N5O2/c22-16-8-4-2-6-14(16)19-28-27-17-9-10-18(29-30(17)19)32-12-11-26-20(31)13-5-1-3-7-15(13)21(23,24)25/h1-10H,11-12H2,(H,26,31). The first-order chi connectivity index (χ1) is 15.3. The summed E-state index contributed by atoms with van der Waals surface area (Å²) in [6.45, 7) is -0.0354. The lowest BCUT2D eigenvalue weighted by atomic mass is 10.1. The van der Waals surface area contributed by atoms with Crippen molar-refractivity contribution in [3.05, 3.63) is 76.8 Å². The monoisotopic (exact) mass is 461 g/mol. The number of aromatic nitrogens is 4. The number of ether oxygens (including phenoxy) is 1. The zero-order valence-corrected chi connectivity index (χ0v) is 17.1. The van der Waals surface area contributed by atoms with Crippen LogP contribution in [0, 0.1) is 0 Å². The smallest absolute Gasteiger partial charge is 0.417 e. The maximum absolute atomic E-state index is 13.1. The molecule has 32 heavy (non-hydrogen) atoms. The molecule has 0 spiro atoms. The van der Waals surface area contributed by atoms with Gasteiger partial charge in [0, 0.05) is 11.6 Å². The number of hydrogen-bond donors (Lipinski definition) is 1. The highest BCUT2D eigenvalue weighted by atomic mass is 35.5. The summed E-state index contributed by atoms with van der Waals surface area (Å²) in [4.78, 5) is 12.2. The molecule has 0 fully saturated rings. The number of fused-ring (bicyclic) bond motifs is 1. The molecule has 2 aromatic carbocycles. The quantitative estimate of drug-likeness (QED) is 0.434. The van der Waals surface area contributed by atoms with E-state index in [9.17, 15) is 18.0 Å². The molecule has 0 atom stereocenters. The molecule has 11 heteroatoms. The topological polar surface area (TPSA) is 81.4 Å². The number of hydrogen-bond acceptors (Lipinski definition) is 5. The largest absolute Gasteiger partial charge is 0.475 e. The molecule has 7 nitrogen and oxygen atoms in total. The summed E-state index contributed by atoms with van der Waals surface area (Å²) in [6.07, 6.45) is -4.62. The maximum atomic E-state index is 13.1. The molecule has 4 aromatic rings. The number of nitrogens with zero attached hydrogens (tertiary/aromatic N) is 4. The van der Waals surface area contributed by atoms with Gasteiger partial charge in [0.15, 0.2) is 11.5 Å². The second kappa shape index (κ2) is 8.83. The molecule has 0 unspecified atom stereocenters. The minimum atomic E-state index is -4.62. The molecular weight excluding hydrogens is 447 g/mol. The van der Waals surface area contributed by atoms with Gasteiger partial charge in [-0.15, -0.1) is 15.3 Å². The van der Waals surface area contributed by atoms with E-state index in [0.717, 1.165) is 12.1 Å². The third-order valence-electron chi connectivity index (χ3n) is 4.47. The van der Waals surface area contributed by atoms with Gasteiger partial charge in [0.05, 0.1) is 22.7 Å². The predicted molar refractivity (Wildman–Crippen MR) is 111 cm³/mol. The van der Waals surface area contributed by atoms with Crippen LogP contribution < -0.4 is 10.1 Å². The first-order valence-corrected chi connectivity index (χ1v) is 9.77. The molecule has 0 aliphatic heterocycles. The number of halogens is 4. The van der Waals surface area contributed by atoms with E-state index in [1.165, 1.54) is 16.6 Å². The van der Waals surface area contributed by atoms with Crippen molar-refractivity contribution in [2.45, 2.75) is 6.18 Å². The van der Waals surface area contributed by atoms with Crippen LogP contribution in [-0.4, -0.2) is 38.9 Å². The van der Waals surface area contributed by atoms with E-state index >= 15 is 0 Å². The van der Waals surface area contributed by atoms with Crippen LogP contribution in [0.3, 0.4) is 0 Å². The average Bonchev–Trinajstić information content (AvgIpc) is 3.19. The molecule has 0 bridgehead atoms. The number of nitrogens with one attached hydrogen (secondary N) is 1. The third kappa shape index (κ3) is 4.50. The minimum Gasteiger partial charge on any atom is -0.475 e. The van der Waals surface area contributed by atoms with Crippen molar-refractivity contribution in [1.82, 2.24) is 25.1 Å². The van der Waals surface area contributed by atoms with Gasteiger partial charge in [-0.05, 0) is 30.3 Å². The SMILES string of the molecule is O=C(NCCOc1ccc2nnc(-c3ccccc3Cl)n2n1)c1ccccc1C(F)(F)F. The van der Waals surface area contributed by atoms with Gasteiger partial charge in [0.25, 0.3) is 5.91 Å². The highest BCUT2D eigenvalue weighted by Gasteiger charge is 2.34. The lowest BCUT2D eigenvalue weighted by Crippen LogP contribution is -2.30. The van der Waals surface area contributed by atoms with E-state index in [0.29, 0.717) is 22.1 Å². The van der Waals surface area contributed by atoms with Crippen LogP contribution in [0.5, 0.6) is 5.88 Å². The third-order valence-corrected chi connectivity index (χ3v) is 4.80. The van der Waals surface area contributed by atoms with Crippen molar-refractivity contribution in [1.29, 1.82) is 0 Å². The molecule has 0 radical (unpaired) electrons. The fourth-order valence-corrected chi connectivity index (χ4v) is 3.22. The van der Waals surface area contributed by atoms with E-state index in [1.54, 1.807) is 30.3 Å².